The van der Waals surface area contributed by atoms with Crippen molar-refractivity contribution in [2.45, 2.75) is 69.7 Å². The summed E-state index contributed by atoms with van der Waals surface area (Å²) in [5, 5.41) is 10.6. The first kappa shape index (κ1) is 35.6. The minimum absolute atomic E-state index is 0.0393. The predicted molar refractivity (Wildman–Crippen MR) is 180 cm³/mol. The number of likely N-dealkylation sites (N-methyl/N-ethyl adjacent to an activating group) is 1. The molecule has 2 N–H and O–H groups in total. The summed E-state index contributed by atoms with van der Waals surface area (Å²) in [5.74, 6) is -0.101. The lowest BCUT2D eigenvalue weighted by Crippen LogP contribution is -2.47. The number of carbonyl (C=O) groups is 1. The average Bonchev–Trinajstić information content (AvgIpc) is 3.03. The molecule has 0 aliphatic carbocycles. The van der Waals surface area contributed by atoms with E-state index in [4.69, 9.17) is 21.1 Å². The van der Waals surface area contributed by atoms with Crippen LogP contribution in [0.4, 0.5) is 5.69 Å². The van der Waals surface area contributed by atoms with Crippen molar-refractivity contribution in [3.8, 4) is 5.75 Å². The van der Waals surface area contributed by atoms with Crippen LogP contribution in [0.15, 0.2) is 71.9 Å². The van der Waals surface area contributed by atoms with E-state index in [1.807, 2.05) is 26.1 Å². The monoisotopic (exact) mass is 672 g/mol. The highest BCUT2D eigenvalue weighted by Crippen LogP contribution is 2.30. The van der Waals surface area contributed by atoms with Crippen LogP contribution in [-0.2, 0) is 21.3 Å². The van der Waals surface area contributed by atoms with Gasteiger partial charge in [0.2, 0.25) is 0 Å². The molecule has 10 nitrogen and oxygen atoms in total. The Balaban J connectivity index is 1.64. The molecule has 2 heterocycles. The van der Waals surface area contributed by atoms with Crippen molar-refractivity contribution in [2.24, 2.45) is 5.92 Å². The van der Waals surface area contributed by atoms with Crippen LogP contribution >= 0.6 is 11.6 Å². The van der Waals surface area contributed by atoms with Crippen molar-refractivity contribution < 1.29 is 27.8 Å². The fourth-order valence-corrected chi connectivity index (χ4v) is 6.62. The van der Waals surface area contributed by atoms with Gasteiger partial charge in [0, 0.05) is 55.3 Å². The van der Waals surface area contributed by atoms with Gasteiger partial charge in [-0.3, -0.25) is 19.4 Å². The van der Waals surface area contributed by atoms with Crippen molar-refractivity contribution in [1.82, 2.24) is 14.8 Å². The van der Waals surface area contributed by atoms with E-state index in [2.05, 4.69) is 21.5 Å². The number of rotatable bonds is 9. The summed E-state index contributed by atoms with van der Waals surface area (Å²) in [6.45, 7) is 7.80. The molecule has 12 heteroatoms. The van der Waals surface area contributed by atoms with E-state index in [0.29, 0.717) is 30.5 Å². The number of carbonyl (C=O) groups excluding carboxylic acids is 1. The maximum Gasteiger partial charge on any atom is 0.261 e. The predicted octanol–water partition coefficient (Wildman–Crippen LogP) is 5.46. The van der Waals surface area contributed by atoms with Crippen molar-refractivity contribution in [1.29, 1.82) is 0 Å². The Hall–Kier alpha value is -3.22. The Morgan fingerprint density at radius 3 is 2.52 bits per heavy atom. The number of amides is 1. The van der Waals surface area contributed by atoms with Crippen molar-refractivity contribution >= 4 is 33.2 Å². The van der Waals surface area contributed by atoms with Crippen LogP contribution in [0.5, 0.6) is 5.75 Å². The summed E-state index contributed by atoms with van der Waals surface area (Å²) >= 11 is 5.95. The molecule has 1 aromatic heterocycles. The fraction of sp³-hybridized carbons (Fsp3) is 0.471. The topological polar surface area (TPSA) is 121 Å². The van der Waals surface area contributed by atoms with Gasteiger partial charge < -0.3 is 19.5 Å². The Kier molecular flexibility index (Phi) is 12.8. The number of hydrogen-bond acceptors (Lipinski definition) is 8. The summed E-state index contributed by atoms with van der Waals surface area (Å²) in [4.78, 5) is 22.3. The second-order valence-corrected chi connectivity index (χ2v) is 14.2. The zero-order valence-electron chi connectivity index (χ0n) is 26.9. The fourth-order valence-electron chi connectivity index (χ4n) is 5.45. The molecular formula is C34H45ClN4O6S. The van der Waals surface area contributed by atoms with Crippen molar-refractivity contribution in [3.05, 3.63) is 83.1 Å². The normalized spacial score (nSPS) is 20.8. The Morgan fingerprint density at radius 1 is 1.11 bits per heavy atom. The van der Waals surface area contributed by atoms with Crippen molar-refractivity contribution in [2.75, 3.05) is 38.1 Å². The van der Waals surface area contributed by atoms with Crippen LogP contribution in [0.2, 0.25) is 5.02 Å². The van der Waals surface area contributed by atoms with Gasteiger partial charge in [-0.2, -0.15) is 0 Å². The number of hydrogen-bond donors (Lipinski definition) is 2. The van der Waals surface area contributed by atoms with E-state index in [0.717, 1.165) is 31.4 Å². The highest BCUT2D eigenvalue weighted by molar-refractivity contribution is 7.92. The standard InChI is InChI=1S/C34H45ClN4O6S/c1-24-20-39(25(2)23-40)34(41)31-19-29(37-46(42,43)30-11-8-28(35)9-12-30)10-13-32(31)45-26(3)7-5-6-18-44-33(24)22-38(4)21-27-14-16-36-17-15-27/h8-17,19,24-26,33,37,40H,5-7,18,20-23H2,1-4H3/t24-,25+,26+,33+/m0/s1. The van der Waals surface area contributed by atoms with Gasteiger partial charge in [0.1, 0.15) is 5.75 Å². The van der Waals surface area contributed by atoms with Gasteiger partial charge in [-0.15, -0.1) is 0 Å². The lowest BCUT2D eigenvalue weighted by molar-refractivity contribution is -0.0177. The third-order valence-electron chi connectivity index (χ3n) is 8.12. The summed E-state index contributed by atoms with van der Waals surface area (Å²) in [7, 11) is -1.91. The number of nitrogens with one attached hydrogen (secondary N) is 1. The molecule has 1 aliphatic rings. The zero-order valence-corrected chi connectivity index (χ0v) is 28.5. The van der Waals surface area contributed by atoms with E-state index < -0.39 is 16.1 Å². The Labute approximate surface area is 277 Å². The summed E-state index contributed by atoms with van der Waals surface area (Å²) in [5.41, 5.74) is 1.56. The minimum Gasteiger partial charge on any atom is -0.490 e. The molecular weight excluding hydrogens is 628 g/mol. The molecule has 1 aliphatic heterocycles. The van der Waals surface area contributed by atoms with Gasteiger partial charge >= 0.3 is 0 Å². The van der Waals surface area contributed by atoms with Crippen LogP contribution in [0.3, 0.4) is 0 Å². The number of aliphatic hydroxyl groups excluding tert-OH is 1. The van der Waals surface area contributed by atoms with Gasteiger partial charge in [-0.05, 0) is 100 Å². The first-order chi connectivity index (χ1) is 22.0. The summed E-state index contributed by atoms with van der Waals surface area (Å²) in [6, 6.07) is 14.0. The van der Waals surface area contributed by atoms with Crippen molar-refractivity contribution in [3.63, 3.8) is 0 Å². The second-order valence-electron chi connectivity index (χ2n) is 12.1. The maximum atomic E-state index is 14.3. The Morgan fingerprint density at radius 2 is 1.83 bits per heavy atom. The van der Waals surface area contributed by atoms with Gasteiger partial charge in [0.15, 0.2) is 0 Å². The number of sulfonamides is 1. The van der Waals surface area contributed by atoms with Crippen LogP contribution in [-0.4, -0.2) is 85.8 Å². The molecule has 3 aromatic rings. The second kappa shape index (κ2) is 16.6. The van der Waals surface area contributed by atoms with Crippen LogP contribution < -0.4 is 9.46 Å². The molecule has 0 saturated heterocycles. The largest absolute Gasteiger partial charge is 0.490 e. The number of fused-ring (bicyclic) bond motifs is 1. The molecule has 0 spiro atoms. The van der Waals surface area contributed by atoms with E-state index >= 15 is 0 Å². The van der Waals surface area contributed by atoms with Gasteiger partial charge in [0.25, 0.3) is 15.9 Å². The molecule has 0 saturated carbocycles. The number of aromatic nitrogens is 1. The van der Waals surface area contributed by atoms with Crippen LogP contribution in [0.25, 0.3) is 0 Å². The smallest absolute Gasteiger partial charge is 0.261 e. The lowest BCUT2D eigenvalue weighted by Gasteiger charge is -2.36. The van der Waals surface area contributed by atoms with Gasteiger partial charge in [0.05, 0.1) is 35.3 Å². The van der Waals surface area contributed by atoms with E-state index in [1.165, 1.54) is 30.3 Å². The minimum atomic E-state index is -3.96. The van der Waals surface area contributed by atoms with Gasteiger partial charge in [-0.25, -0.2) is 8.42 Å². The highest BCUT2D eigenvalue weighted by atomic mass is 35.5. The summed E-state index contributed by atoms with van der Waals surface area (Å²) < 4.78 is 41.6. The number of aliphatic hydroxyl groups is 1. The molecule has 4 atom stereocenters. The molecule has 46 heavy (non-hydrogen) atoms. The zero-order chi connectivity index (χ0) is 33.3. The van der Waals surface area contributed by atoms with Crippen LogP contribution in [0, 0.1) is 5.92 Å². The molecule has 0 radical (unpaired) electrons. The number of pyridine rings is 1. The average molecular weight is 673 g/mol. The molecule has 1 amide bonds. The molecule has 4 rings (SSSR count). The number of benzene rings is 2. The summed E-state index contributed by atoms with van der Waals surface area (Å²) in [6.07, 6.45) is 5.67. The number of halogens is 1. The SMILES string of the molecule is C[C@@H]1CCCCO[C@H](CN(C)Cc2ccncc2)[C@@H](C)CN([C@H](C)CO)C(=O)c2cc(NS(=O)(=O)c3ccc(Cl)cc3)ccc2O1. The number of nitrogens with zero attached hydrogens (tertiary/aromatic N) is 3. The van der Waals surface area contributed by atoms with Gasteiger partial charge in [-0.1, -0.05) is 18.5 Å². The lowest BCUT2D eigenvalue weighted by atomic mass is 10.0. The molecule has 0 unspecified atom stereocenters. The third kappa shape index (κ3) is 9.89. The quantitative estimate of drug-likeness (QED) is 0.307. The van der Waals surface area contributed by atoms with E-state index in [9.17, 15) is 18.3 Å². The Bertz CT molecular complexity index is 1530. The first-order valence-electron chi connectivity index (χ1n) is 15.7. The molecule has 0 bridgehead atoms. The van der Waals surface area contributed by atoms with Crippen LogP contribution in [0.1, 0.15) is 56.0 Å². The first-order valence-corrected chi connectivity index (χ1v) is 17.5. The molecule has 2 aromatic carbocycles. The molecule has 250 valence electrons. The number of ether oxygens (including phenoxy) is 2. The highest BCUT2D eigenvalue weighted by Gasteiger charge is 2.30. The number of anilines is 1. The third-order valence-corrected chi connectivity index (χ3v) is 9.77. The van der Waals surface area contributed by atoms with E-state index in [1.54, 1.807) is 36.4 Å². The maximum absolute atomic E-state index is 14.3. The molecule has 0 fully saturated rings. The van der Waals surface area contributed by atoms with E-state index in [-0.39, 0.29) is 46.8 Å².